The molecule has 0 saturated heterocycles. The minimum atomic E-state index is -0.836. The minimum absolute atomic E-state index is 0.314. The normalized spacial score (nSPS) is 15.0. The van der Waals surface area contributed by atoms with Crippen molar-refractivity contribution in [3.05, 3.63) is 108 Å². The molecule has 188 valence electrons. The molecule has 0 aliphatic heterocycles. The summed E-state index contributed by atoms with van der Waals surface area (Å²) in [6, 6.07) is 29.5. The third-order valence-electron chi connectivity index (χ3n) is 5.71. The van der Waals surface area contributed by atoms with Gasteiger partial charge in [0.1, 0.15) is 18.3 Å². The quantitative estimate of drug-likeness (QED) is 0.317. The average molecular weight is 481 g/mol. The Balaban J connectivity index is 1.87. The number of hydrogen-bond acceptors (Lipinski definition) is 6. The second-order valence-electron chi connectivity index (χ2n) is 8.36. The molecule has 4 atom stereocenters. The molecule has 0 radical (unpaired) electrons. The molecule has 0 aliphatic rings. The van der Waals surface area contributed by atoms with Gasteiger partial charge in [-0.3, -0.25) is 0 Å². The molecular formula is C29H36O6. The predicted octanol–water partition coefficient (Wildman–Crippen LogP) is 4.74. The van der Waals surface area contributed by atoms with Gasteiger partial charge in [0.2, 0.25) is 0 Å². The third-order valence-corrected chi connectivity index (χ3v) is 5.71. The van der Waals surface area contributed by atoms with Crippen LogP contribution < -0.4 is 0 Å². The van der Waals surface area contributed by atoms with Crippen molar-refractivity contribution in [2.75, 3.05) is 14.2 Å². The fourth-order valence-electron chi connectivity index (χ4n) is 3.88. The molecule has 6 nitrogen and oxygen atoms in total. The summed E-state index contributed by atoms with van der Waals surface area (Å²) < 4.78 is 30.2. The molecule has 3 rings (SSSR count). The molecule has 0 amide bonds. The monoisotopic (exact) mass is 480 g/mol. The molecule has 0 saturated carbocycles. The number of methoxy groups -OCH3 is 2. The van der Waals surface area contributed by atoms with Crippen LogP contribution in [0.25, 0.3) is 0 Å². The fourth-order valence-corrected chi connectivity index (χ4v) is 3.88. The van der Waals surface area contributed by atoms with Crippen molar-refractivity contribution in [3.8, 4) is 0 Å². The zero-order chi connectivity index (χ0) is 24.9. The van der Waals surface area contributed by atoms with Gasteiger partial charge in [0.15, 0.2) is 6.29 Å². The molecule has 0 spiro atoms. The summed E-state index contributed by atoms with van der Waals surface area (Å²) in [6.45, 7) is 2.65. The van der Waals surface area contributed by atoms with Gasteiger partial charge < -0.3 is 28.8 Å². The van der Waals surface area contributed by atoms with E-state index in [1.54, 1.807) is 21.1 Å². The highest BCUT2D eigenvalue weighted by molar-refractivity contribution is 5.15. The van der Waals surface area contributed by atoms with Gasteiger partial charge in [0.25, 0.3) is 0 Å². The third kappa shape index (κ3) is 8.54. The van der Waals surface area contributed by atoms with Crippen LogP contribution in [0.1, 0.15) is 23.6 Å². The number of rotatable bonds is 15. The molecule has 0 bridgehead atoms. The summed E-state index contributed by atoms with van der Waals surface area (Å²) in [5.74, 6) is 0. The molecular weight excluding hydrogens is 444 g/mol. The summed E-state index contributed by atoms with van der Waals surface area (Å²) in [5.41, 5.74) is 3.00. The first kappa shape index (κ1) is 27.0. The highest BCUT2D eigenvalue weighted by Crippen LogP contribution is 2.24. The highest BCUT2D eigenvalue weighted by atomic mass is 16.7. The Morgan fingerprint density at radius 1 is 0.543 bits per heavy atom. The standard InChI is InChI=1S/C29H36O6/c1-22(30)26(33-19-23-13-7-4-8-14-23)27(34-20-24-15-9-5-10-16-24)28(29(31-2)32-3)35-21-25-17-11-6-12-18-25/h4-18,22,26-30H,19-21H2,1-3H3/t22-,26-,27-,28+/m0/s1. The number of hydrogen-bond donors (Lipinski definition) is 1. The number of aliphatic hydroxyl groups excluding tert-OH is 1. The Bertz CT molecular complexity index is 931. The maximum absolute atomic E-state index is 10.8. The topological polar surface area (TPSA) is 66.4 Å². The Morgan fingerprint density at radius 3 is 1.23 bits per heavy atom. The van der Waals surface area contributed by atoms with E-state index in [0.717, 1.165) is 16.7 Å². The first-order valence-electron chi connectivity index (χ1n) is 11.8. The predicted molar refractivity (Wildman–Crippen MR) is 135 cm³/mol. The summed E-state index contributed by atoms with van der Waals surface area (Å²) >= 11 is 0. The lowest BCUT2D eigenvalue weighted by molar-refractivity contribution is -0.248. The number of aliphatic hydroxyl groups is 1. The molecule has 3 aromatic carbocycles. The molecule has 35 heavy (non-hydrogen) atoms. The lowest BCUT2D eigenvalue weighted by atomic mass is 10.0. The van der Waals surface area contributed by atoms with Crippen molar-refractivity contribution >= 4 is 0 Å². The Labute approximate surface area is 208 Å². The molecule has 6 heteroatoms. The van der Waals surface area contributed by atoms with E-state index in [4.69, 9.17) is 23.7 Å². The second kappa shape index (κ2) is 14.7. The average Bonchev–Trinajstić information content (AvgIpc) is 2.90. The van der Waals surface area contributed by atoms with Crippen molar-refractivity contribution in [2.24, 2.45) is 0 Å². The Hall–Kier alpha value is -2.58. The van der Waals surface area contributed by atoms with Crippen LogP contribution in [0.15, 0.2) is 91.0 Å². The van der Waals surface area contributed by atoms with Gasteiger partial charge >= 0.3 is 0 Å². The minimum Gasteiger partial charge on any atom is -0.391 e. The maximum atomic E-state index is 10.8. The summed E-state index contributed by atoms with van der Waals surface area (Å²) in [5, 5.41) is 10.8. The maximum Gasteiger partial charge on any atom is 0.185 e. The van der Waals surface area contributed by atoms with Crippen molar-refractivity contribution < 1.29 is 28.8 Å². The van der Waals surface area contributed by atoms with E-state index in [9.17, 15) is 5.11 Å². The fraction of sp³-hybridized carbons (Fsp3) is 0.379. The van der Waals surface area contributed by atoms with E-state index in [1.807, 2.05) is 91.0 Å². The molecule has 0 aromatic heterocycles. The van der Waals surface area contributed by atoms with Crippen LogP contribution in [0, 0.1) is 0 Å². The molecule has 0 aliphatic carbocycles. The SMILES string of the molecule is COC(OC)[C@H](OCc1ccccc1)[C@@H](OCc1ccccc1)[C@@H](OCc1ccccc1)[C@H](C)O. The molecule has 0 unspecified atom stereocenters. The van der Waals surface area contributed by atoms with Gasteiger partial charge in [0.05, 0.1) is 25.9 Å². The van der Waals surface area contributed by atoms with Crippen LogP contribution in [-0.2, 0) is 43.5 Å². The van der Waals surface area contributed by atoms with Gasteiger partial charge in [-0.05, 0) is 23.6 Å². The Kier molecular flexibility index (Phi) is 11.4. The van der Waals surface area contributed by atoms with E-state index in [-0.39, 0.29) is 0 Å². The van der Waals surface area contributed by atoms with Crippen LogP contribution in [0.4, 0.5) is 0 Å². The lowest BCUT2D eigenvalue weighted by Crippen LogP contribution is -2.53. The zero-order valence-electron chi connectivity index (χ0n) is 20.7. The van der Waals surface area contributed by atoms with Crippen LogP contribution in [-0.4, -0.2) is 50.0 Å². The van der Waals surface area contributed by atoms with E-state index in [1.165, 1.54) is 0 Å². The van der Waals surface area contributed by atoms with Crippen molar-refractivity contribution in [2.45, 2.75) is 57.5 Å². The molecule has 3 aromatic rings. The summed E-state index contributed by atoms with van der Waals surface area (Å²) in [6.07, 6.45) is -3.64. The molecule has 0 fully saturated rings. The lowest BCUT2D eigenvalue weighted by Gasteiger charge is -2.37. The summed E-state index contributed by atoms with van der Waals surface area (Å²) in [4.78, 5) is 0. The molecule has 0 heterocycles. The first-order valence-corrected chi connectivity index (χ1v) is 11.8. The van der Waals surface area contributed by atoms with Crippen LogP contribution >= 0.6 is 0 Å². The highest BCUT2D eigenvalue weighted by Gasteiger charge is 2.40. The largest absolute Gasteiger partial charge is 0.391 e. The van der Waals surface area contributed by atoms with Crippen LogP contribution in [0.2, 0.25) is 0 Å². The van der Waals surface area contributed by atoms with Gasteiger partial charge in [-0.1, -0.05) is 91.0 Å². The van der Waals surface area contributed by atoms with Crippen molar-refractivity contribution in [1.82, 2.24) is 0 Å². The van der Waals surface area contributed by atoms with Crippen LogP contribution in [0.5, 0.6) is 0 Å². The van der Waals surface area contributed by atoms with Gasteiger partial charge in [-0.2, -0.15) is 0 Å². The molecule has 1 N–H and O–H groups in total. The van der Waals surface area contributed by atoms with E-state index < -0.39 is 30.7 Å². The van der Waals surface area contributed by atoms with E-state index in [2.05, 4.69) is 0 Å². The summed E-state index contributed by atoms with van der Waals surface area (Å²) in [7, 11) is 3.12. The van der Waals surface area contributed by atoms with Crippen LogP contribution in [0.3, 0.4) is 0 Å². The van der Waals surface area contributed by atoms with Gasteiger partial charge in [0, 0.05) is 14.2 Å². The Morgan fingerprint density at radius 2 is 0.886 bits per heavy atom. The van der Waals surface area contributed by atoms with Crippen molar-refractivity contribution in [3.63, 3.8) is 0 Å². The van der Waals surface area contributed by atoms with E-state index in [0.29, 0.717) is 19.8 Å². The van der Waals surface area contributed by atoms with Gasteiger partial charge in [-0.15, -0.1) is 0 Å². The zero-order valence-corrected chi connectivity index (χ0v) is 20.7. The number of benzene rings is 3. The number of ether oxygens (including phenoxy) is 5. The van der Waals surface area contributed by atoms with Crippen molar-refractivity contribution in [1.29, 1.82) is 0 Å². The van der Waals surface area contributed by atoms with Gasteiger partial charge in [-0.25, -0.2) is 0 Å². The first-order chi connectivity index (χ1) is 17.1. The van der Waals surface area contributed by atoms with E-state index >= 15 is 0 Å². The second-order valence-corrected chi connectivity index (χ2v) is 8.36. The smallest absolute Gasteiger partial charge is 0.185 e.